The first-order chi connectivity index (χ1) is 15.2. The van der Waals surface area contributed by atoms with Gasteiger partial charge in [0, 0.05) is 57.7 Å². The summed E-state index contributed by atoms with van der Waals surface area (Å²) < 4.78 is 13.1. The Morgan fingerprint density at radius 3 is 2.87 bits per heavy atom. The highest BCUT2D eigenvalue weighted by Gasteiger charge is 2.17. The number of rotatable bonds is 13. The Morgan fingerprint density at radius 1 is 1.26 bits per heavy atom. The number of aliphatic hydroxyl groups excluding tert-OH is 1. The fraction of sp³-hybridized carbons (Fsp3) is 0.520. The zero-order valence-electron chi connectivity index (χ0n) is 18.8. The molecule has 170 valence electrons. The fourth-order valence-corrected chi connectivity index (χ4v) is 3.99. The highest BCUT2D eigenvalue weighted by Crippen LogP contribution is 2.16. The number of benzene rings is 1. The van der Waals surface area contributed by atoms with E-state index in [1.54, 1.807) is 7.11 Å². The largest absolute Gasteiger partial charge is 0.497 e. The van der Waals surface area contributed by atoms with Crippen LogP contribution in [-0.2, 0) is 17.8 Å². The summed E-state index contributed by atoms with van der Waals surface area (Å²) >= 11 is 0. The Bertz CT molecular complexity index is 786. The predicted molar refractivity (Wildman–Crippen MR) is 125 cm³/mol. The van der Waals surface area contributed by atoms with E-state index in [2.05, 4.69) is 51.4 Å². The van der Waals surface area contributed by atoms with Crippen LogP contribution < -0.4 is 4.74 Å². The molecule has 1 N–H and O–H groups in total. The van der Waals surface area contributed by atoms with Gasteiger partial charge in [0.25, 0.3) is 0 Å². The van der Waals surface area contributed by atoms with E-state index in [4.69, 9.17) is 9.47 Å². The van der Waals surface area contributed by atoms with Gasteiger partial charge in [0.05, 0.1) is 26.4 Å². The van der Waals surface area contributed by atoms with Crippen LogP contribution in [0.2, 0.25) is 0 Å². The number of aromatic nitrogens is 1. The predicted octanol–water partition coefficient (Wildman–Crippen LogP) is 3.01. The summed E-state index contributed by atoms with van der Waals surface area (Å²) in [5, 5.41) is 10.5. The molecule has 0 saturated carbocycles. The van der Waals surface area contributed by atoms with Crippen LogP contribution in [0.15, 0.2) is 55.3 Å². The van der Waals surface area contributed by atoms with Crippen LogP contribution in [0.4, 0.5) is 0 Å². The summed E-state index contributed by atoms with van der Waals surface area (Å²) in [5.74, 6) is 0.878. The van der Waals surface area contributed by atoms with Crippen molar-refractivity contribution in [1.29, 1.82) is 0 Å². The van der Waals surface area contributed by atoms with Gasteiger partial charge in [-0.05, 0) is 42.7 Å². The first-order valence-corrected chi connectivity index (χ1v) is 11.3. The van der Waals surface area contributed by atoms with Crippen LogP contribution in [0.1, 0.15) is 24.1 Å². The number of hydrogen-bond acceptors (Lipinski definition) is 5. The molecule has 1 aromatic carbocycles. The first kappa shape index (κ1) is 23.5. The SMILES string of the molecule is C=CCC[C@@H](O)CN(CCN1CCOCC1)Cc1cccn1Cc1cccc(OC)c1. The van der Waals surface area contributed by atoms with Gasteiger partial charge in [0.15, 0.2) is 0 Å². The second kappa shape index (κ2) is 12.7. The smallest absolute Gasteiger partial charge is 0.119 e. The van der Waals surface area contributed by atoms with E-state index in [0.717, 1.165) is 71.1 Å². The number of morpholine rings is 1. The molecule has 1 atom stereocenters. The molecule has 1 aliphatic heterocycles. The lowest BCUT2D eigenvalue weighted by Gasteiger charge is -2.31. The van der Waals surface area contributed by atoms with Crippen molar-refractivity contribution in [2.75, 3.05) is 53.0 Å². The monoisotopic (exact) mass is 427 g/mol. The standard InChI is InChI=1S/C25H37N3O3/c1-3-4-9-24(29)21-27(13-12-26-14-16-31-17-15-26)20-23-8-6-11-28(23)19-22-7-5-10-25(18-22)30-2/h3,5-8,10-11,18,24,29H,1,4,9,12-17,19-21H2,2H3/t24-/m1/s1. The molecule has 1 saturated heterocycles. The van der Waals surface area contributed by atoms with Crippen molar-refractivity contribution in [2.24, 2.45) is 0 Å². The average molecular weight is 428 g/mol. The quantitative estimate of drug-likeness (QED) is 0.498. The van der Waals surface area contributed by atoms with E-state index in [0.29, 0.717) is 6.54 Å². The molecule has 0 unspecified atom stereocenters. The molecule has 6 heteroatoms. The molecule has 1 fully saturated rings. The second-order valence-corrected chi connectivity index (χ2v) is 8.19. The van der Waals surface area contributed by atoms with E-state index in [1.807, 2.05) is 18.2 Å². The van der Waals surface area contributed by atoms with Crippen LogP contribution in [-0.4, -0.2) is 78.6 Å². The molecule has 31 heavy (non-hydrogen) atoms. The van der Waals surface area contributed by atoms with E-state index < -0.39 is 0 Å². The summed E-state index contributed by atoms with van der Waals surface area (Å²) in [7, 11) is 1.70. The molecular weight excluding hydrogens is 390 g/mol. The van der Waals surface area contributed by atoms with Crippen molar-refractivity contribution in [3.63, 3.8) is 0 Å². The van der Waals surface area contributed by atoms with Gasteiger partial charge in [-0.1, -0.05) is 18.2 Å². The normalized spacial score (nSPS) is 15.8. The molecule has 2 aromatic rings. The van der Waals surface area contributed by atoms with Crippen molar-refractivity contribution >= 4 is 0 Å². The van der Waals surface area contributed by atoms with E-state index in [1.165, 1.54) is 11.3 Å². The Labute approximate surface area is 186 Å². The Hall–Kier alpha value is -2.12. The third-order valence-electron chi connectivity index (χ3n) is 5.81. The van der Waals surface area contributed by atoms with E-state index in [-0.39, 0.29) is 6.10 Å². The lowest BCUT2D eigenvalue weighted by Crippen LogP contribution is -2.43. The minimum absolute atomic E-state index is 0.343. The van der Waals surface area contributed by atoms with E-state index in [9.17, 15) is 5.11 Å². The van der Waals surface area contributed by atoms with Gasteiger partial charge < -0.3 is 19.1 Å². The summed E-state index contributed by atoms with van der Waals surface area (Å²) in [6.07, 6.45) is 5.25. The van der Waals surface area contributed by atoms with Crippen molar-refractivity contribution < 1.29 is 14.6 Å². The maximum absolute atomic E-state index is 10.5. The van der Waals surface area contributed by atoms with Crippen molar-refractivity contribution in [2.45, 2.75) is 32.0 Å². The third-order valence-corrected chi connectivity index (χ3v) is 5.81. The second-order valence-electron chi connectivity index (χ2n) is 8.19. The molecule has 2 heterocycles. The molecule has 0 amide bonds. The lowest BCUT2D eigenvalue weighted by molar-refractivity contribution is 0.0286. The summed E-state index contributed by atoms with van der Waals surface area (Å²) in [4.78, 5) is 4.82. The molecule has 1 aliphatic rings. The van der Waals surface area contributed by atoms with Crippen molar-refractivity contribution in [3.8, 4) is 5.75 Å². The van der Waals surface area contributed by atoms with Gasteiger partial charge >= 0.3 is 0 Å². The van der Waals surface area contributed by atoms with Crippen LogP contribution in [0.3, 0.4) is 0 Å². The molecule has 0 radical (unpaired) electrons. The Balaban J connectivity index is 1.64. The number of aliphatic hydroxyl groups is 1. The van der Waals surface area contributed by atoms with E-state index >= 15 is 0 Å². The van der Waals surface area contributed by atoms with Gasteiger partial charge in [-0.25, -0.2) is 0 Å². The summed E-state index contributed by atoms with van der Waals surface area (Å²) in [6.45, 7) is 11.6. The van der Waals surface area contributed by atoms with Crippen LogP contribution in [0, 0.1) is 0 Å². The number of allylic oxidation sites excluding steroid dienone is 1. The topological polar surface area (TPSA) is 50.1 Å². The molecule has 0 bridgehead atoms. The highest BCUT2D eigenvalue weighted by molar-refractivity contribution is 5.29. The lowest BCUT2D eigenvalue weighted by atomic mass is 10.1. The highest BCUT2D eigenvalue weighted by atomic mass is 16.5. The Kier molecular flexibility index (Phi) is 9.62. The summed E-state index contributed by atoms with van der Waals surface area (Å²) in [6, 6.07) is 12.5. The van der Waals surface area contributed by atoms with Crippen LogP contribution in [0.25, 0.3) is 0 Å². The zero-order chi connectivity index (χ0) is 21.9. The zero-order valence-corrected chi connectivity index (χ0v) is 18.8. The molecule has 1 aromatic heterocycles. The minimum Gasteiger partial charge on any atom is -0.497 e. The minimum atomic E-state index is -0.343. The van der Waals surface area contributed by atoms with Gasteiger partial charge in [0.2, 0.25) is 0 Å². The molecule has 3 rings (SSSR count). The summed E-state index contributed by atoms with van der Waals surface area (Å²) in [5.41, 5.74) is 2.46. The number of methoxy groups -OCH3 is 1. The number of hydrogen-bond donors (Lipinski definition) is 1. The number of nitrogens with zero attached hydrogens (tertiary/aromatic N) is 3. The fourth-order valence-electron chi connectivity index (χ4n) is 3.99. The maximum Gasteiger partial charge on any atom is 0.119 e. The van der Waals surface area contributed by atoms with Crippen LogP contribution in [0.5, 0.6) is 5.75 Å². The Morgan fingerprint density at radius 2 is 2.10 bits per heavy atom. The van der Waals surface area contributed by atoms with Gasteiger partial charge in [-0.3, -0.25) is 9.80 Å². The molecule has 0 spiro atoms. The first-order valence-electron chi connectivity index (χ1n) is 11.3. The molecular formula is C25H37N3O3. The van der Waals surface area contributed by atoms with Gasteiger partial charge in [-0.15, -0.1) is 6.58 Å². The van der Waals surface area contributed by atoms with Gasteiger partial charge in [0.1, 0.15) is 5.75 Å². The molecule has 6 nitrogen and oxygen atoms in total. The van der Waals surface area contributed by atoms with Crippen molar-refractivity contribution in [3.05, 3.63) is 66.5 Å². The average Bonchev–Trinajstić information content (AvgIpc) is 3.23. The van der Waals surface area contributed by atoms with Crippen molar-refractivity contribution in [1.82, 2.24) is 14.4 Å². The van der Waals surface area contributed by atoms with Crippen LogP contribution >= 0.6 is 0 Å². The number of ether oxygens (including phenoxy) is 2. The third kappa shape index (κ3) is 7.82. The molecule has 0 aliphatic carbocycles. The van der Waals surface area contributed by atoms with Gasteiger partial charge in [-0.2, -0.15) is 0 Å². The maximum atomic E-state index is 10.5.